The van der Waals surface area contributed by atoms with Crippen LogP contribution in [0.2, 0.25) is 0 Å². The van der Waals surface area contributed by atoms with Gasteiger partial charge in [0.2, 0.25) is 0 Å². The van der Waals surface area contributed by atoms with Crippen LogP contribution in [0.15, 0.2) is 30.9 Å². The molecule has 0 radical (unpaired) electrons. The summed E-state index contributed by atoms with van der Waals surface area (Å²) in [6.07, 6.45) is 7.69. The topological polar surface area (TPSA) is 54.5 Å². The quantitative estimate of drug-likeness (QED) is 0.738. The Morgan fingerprint density at radius 2 is 2.33 bits per heavy atom. The lowest BCUT2D eigenvalue weighted by Gasteiger charge is -2.06. The summed E-state index contributed by atoms with van der Waals surface area (Å²) in [4.78, 5) is 8.24. The predicted molar refractivity (Wildman–Crippen MR) is 55.5 cm³/mol. The van der Waals surface area contributed by atoms with Crippen molar-refractivity contribution in [3.63, 3.8) is 0 Å². The first-order chi connectivity index (χ1) is 7.36. The zero-order valence-electron chi connectivity index (χ0n) is 8.38. The van der Waals surface area contributed by atoms with Crippen molar-refractivity contribution in [3.8, 4) is 11.8 Å². The Hall–Kier alpha value is -2.15. The standard InChI is InChI=1S/C11H10N4/c1-2-11-14-5-6-15(11)10-8-13-4-3-9(10)7-12/h3-6,8H,2H2,1H3. The van der Waals surface area contributed by atoms with E-state index in [4.69, 9.17) is 5.26 Å². The van der Waals surface area contributed by atoms with Gasteiger partial charge in [-0.25, -0.2) is 4.98 Å². The van der Waals surface area contributed by atoms with E-state index in [2.05, 4.69) is 16.0 Å². The van der Waals surface area contributed by atoms with Gasteiger partial charge in [0.15, 0.2) is 0 Å². The van der Waals surface area contributed by atoms with Gasteiger partial charge >= 0.3 is 0 Å². The molecule has 2 heterocycles. The number of aromatic nitrogens is 3. The van der Waals surface area contributed by atoms with E-state index in [1.807, 2.05) is 17.7 Å². The van der Waals surface area contributed by atoms with Crippen LogP contribution in [0.1, 0.15) is 18.3 Å². The number of nitriles is 1. The molecule has 2 aromatic rings. The fraction of sp³-hybridized carbons (Fsp3) is 0.182. The third-order valence-corrected chi connectivity index (χ3v) is 2.21. The summed E-state index contributed by atoms with van der Waals surface area (Å²) in [5.74, 6) is 0.930. The van der Waals surface area contributed by atoms with Crippen molar-refractivity contribution in [2.75, 3.05) is 0 Å². The van der Waals surface area contributed by atoms with Crippen LogP contribution < -0.4 is 0 Å². The highest BCUT2D eigenvalue weighted by atomic mass is 15.1. The SMILES string of the molecule is CCc1nccn1-c1cnccc1C#N. The van der Waals surface area contributed by atoms with Gasteiger partial charge in [-0.15, -0.1) is 0 Å². The smallest absolute Gasteiger partial charge is 0.112 e. The Kier molecular flexibility index (Phi) is 2.46. The molecule has 2 aromatic heterocycles. The molecule has 0 spiro atoms. The molecule has 4 heteroatoms. The Morgan fingerprint density at radius 1 is 1.47 bits per heavy atom. The molecule has 2 rings (SSSR count). The van der Waals surface area contributed by atoms with Crippen LogP contribution in [0.4, 0.5) is 0 Å². The largest absolute Gasteiger partial charge is 0.301 e. The van der Waals surface area contributed by atoms with Gasteiger partial charge in [0, 0.05) is 25.0 Å². The van der Waals surface area contributed by atoms with E-state index in [0.29, 0.717) is 5.56 Å². The number of hydrogen-bond acceptors (Lipinski definition) is 3. The van der Waals surface area contributed by atoms with Gasteiger partial charge < -0.3 is 4.57 Å². The first-order valence-electron chi connectivity index (χ1n) is 4.73. The number of aryl methyl sites for hydroxylation is 1. The average molecular weight is 198 g/mol. The van der Waals surface area contributed by atoms with Crippen LogP contribution in [-0.2, 0) is 6.42 Å². The van der Waals surface area contributed by atoms with Gasteiger partial charge in [0.05, 0.1) is 17.4 Å². The Labute approximate surface area is 87.8 Å². The summed E-state index contributed by atoms with van der Waals surface area (Å²) >= 11 is 0. The first-order valence-corrected chi connectivity index (χ1v) is 4.73. The third kappa shape index (κ3) is 1.59. The molecule has 0 bridgehead atoms. The zero-order valence-corrected chi connectivity index (χ0v) is 8.38. The Bertz CT molecular complexity index is 507. The second-order valence-corrected chi connectivity index (χ2v) is 3.07. The molecule has 0 saturated carbocycles. The van der Waals surface area contributed by atoms with Crippen LogP contribution >= 0.6 is 0 Å². The summed E-state index contributed by atoms with van der Waals surface area (Å²) in [6, 6.07) is 3.85. The molecule has 0 atom stereocenters. The molecule has 4 nitrogen and oxygen atoms in total. The maximum atomic E-state index is 8.97. The molecular formula is C11H10N4. The second kappa shape index (κ2) is 3.93. The van der Waals surface area contributed by atoms with E-state index in [-0.39, 0.29) is 0 Å². The summed E-state index contributed by atoms with van der Waals surface area (Å²) in [6.45, 7) is 2.03. The van der Waals surface area contributed by atoms with Gasteiger partial charge in [-0.1, -0.05) is 6.92 Å². The van der Waals surface area contributed by atoms with Crippen LogP contribution in [-0.4, -0.2) is 14.5 Å². The van der Waals surface area contributed by atoms with Crippen LogP contribution in [0, 0.1) is 11.3 Å². The predicted octanol–water partition coefficient (Wildman–Crippen LogP) is 1.70. The lowest BCUT2D eigenvalue weighted by Crippen LogP contribution is -2.01. The highest BCUT2D eigenvalue weighted by Gasteiger charge is 2.07. The molecule has 0 unspecified atom stereocenters. The number of pyridine rings is 1. The van der Waals surface area contributed by atoms with Crippen LogP contribution in [0.3, 0.4) is 0 Å². The lowest BCUT2D eigenvalue weighted by molar-refractivity contribution is 0.884. The van der Waals surface area contributed by atoms with Gasteiger partial charge in [-0.05, 0) is 6.07 Å². The molecule has 0 fully saturated rings. The van der Waals surface area contributed by atoms with Crippen molar-refractivity contribution in [2.45, 2.75) is 13.3 Å². The fourth-order valence-corrected chi connectivity index (χ4v) is 1.49. The molecule has 15 heavy (non-hydrogen) atoms. The number of hydrogen-bond donors (Lipinski definition) is 0. The normalized spacial score (nSPS) is 9.87. The van der Waals surface area contributed by atoms with E-state index >= 15 is 0 Å². The minimum absolute atomic E-state index is 0.609. The second-order valence-electron chi connectivity index (χ2n) is 3.07. The number of imidazole rings is 1. The van der Waals surface area contributed by atoms with Crippen molar-refractivity contribution in [1.82, 2.24) is 14.5 Å². The molecule has 0 saturated heterocycles. The molecule has 0 N–H and O–H groups in total. The molecule has 74 valence electrons. The highest BCUT2D eigenvalue weighted by Crippen LogP contribution is 2.14. The van der Waals surface area contributed by atoms with Crippen molar-refractivity contribution in [1.29, 1.82) is 5.26 Å². The fourth-order valence-electron chi connectivity index (χ4n) is 1.49. The van der Waals surface area contributed by atoms with Crippen LogP contribution in [0.25, 0.3) is 5.69 Å². The Morgan fingerprint density at radius 3 is 3.07 bits per heavy atom. The minimum Gasteiger partial charge on any atom is -0.301 e. The van der Waals surface area contributed by atoms with E-state index < -0.39 is 0 Å². The summed E-state index contributed by atoms with van der Waals surface area (Å²) in [5.41, 5.74) is 1.40. The molecule has 0 aromatic carbocycles. The highest BCUT2D eigenvalue weighted by molar-refractivity contribution is 5.47. The molecular weight excluding hydrogens is 188 g/mol. The molecule has 0 aliphatic rings. The summed E-state index contributed by atoms with van der Waals surface area (Å²) < 4.78 is 1.89. The van der Waals surface area contributed by atoms with Crippen molar-refractivity contribution in [2.24, 2.45) is 0 Å². The van der Waals surface area contributed by atoms with Gasteiger partial charge in [-0.2, -0.15) is 5.26 Å². The van der Waals surface area contributed by atoms with E-state index in [9.17, 15) is 0 Å². The number of rotatable bonds is 2. The monoisotopic (exact) mass is 198 g/mol. The van der Waals surface area contributed by atoms with E-state index in [0.717, 1.165) is 17.9 Å². The molecule has 0 aliphatic heterocycles. The van der Waals surface area contributed by atoms with Crippen molar-refractivity contribution >= 4 is 0 Å². The van der Waals surface area contributed by atoms with Gasteiger partial charge in [-0.3, -0.25) is 4.98 Å². The average Bonchev–Trinajstić information content (AvgIpc) is 2.76. The van der Waals surface area contributed by atoms with Crippen molar-refractivity contribution < 1.29 is 0 Å². The van der Waals surface area contributed by atoms with Crippen molar-refractivity contribution in [3.05, 3.63) is 42.2 Å². The maximum Gasteiger partial charge on any atom is 0.112 e. The van der Waals surface area contributed by atoms with E-state index in [1.165, 1.54) is 0 Å². The lowest BCUT2D eigenvalue weighted by atomic mass is 10.2. The molecule has 0 amide bonds. The van der Waals surface area contributed by atoms with Crippen LogP contribution in [0.5, 0.6) is 0 Å². The maximum absolute atomic E-state index is 8.97. The Balaban J connectivity index is 2.59. The van der Waals surface area contributed by atoms with Gasteiger partial charge in [0.25, 0.3) is 0 Å². The zero-order chi connectivity index (χ0) is 10.7. The van der Waals surface area contributed by atoms with E-state index in [1.54, 1.807) is 24.7 Å². The molecule has 0 aliphatic carbocycles. The minimum atomic E-state index is 0.609. The summed E-state index contributed by atoms with van der Waals surface area (Å²) in [7, 11) is 0. The number of nitrogens with zero attached hydrogens (tertiary/aromatic N) is 4. The van der Waals surface area contributed by atoms with Gasteiger partial charge in [0.1, 0.15) is 11.9 Å². The third-order valence-electron chi connectivity index (χ3n) is 2.21. The first kappa shape index (κ1) is 9.41. The summed E-state index contributed by atoms with van der Waals surface area (Å²) in [5, 5.41) is 8.97.